The van der Waals surface area contributed by atoms with E-state index in [0.29, 0.717) is 38.1 Å². The largest absolute Gasteiger partial charge is 0.343 e. The highest BCUT2D eigenvalue weighted by Gasteiger charge is 2.47. The molecular weight excluding hydrogens is 396 g/mol. The molecule has 31 heavy (non-hydrogen) atoms. The Labute approximate surface area is 181 Å². The molecule has 1 atom stereocenters. The molecule has 1 unspecified atom stereocenters. The van der Waals surface area contributed by atoms with Crippen molar-refractivity contribution in [2.45, 2.75) is 65.1 Å². The molecule has 2 aromatic heterocycles. The van der Waals surface area contributed by atoms with E-state index in [2.05, 4.69) is 46.3 Å². The molecule has 2 aliphatic heterocycles. The van der Waals surface area contributed by atoms with Gasteiger partial charge >= 0.3 is 0 Å². The topological polar surface area (TPSA) is 128 Å². The van der Waals surface area contributed by atoms with E-state index in [1.807, 2.05) is 6.07 Å². The van der Waals surface area contributed by atoms with Gasteiger partial charge in [-0.3, -0.25) is 14.5 Å². The quantitative estimate of drug-likeness (QED) is 0.736. The molecule has 2 saturated heterocycles. The van der Waals surface area contributed by atoms with Gasteiger partial charge in [0.05, 0.1) is 5.69 Å². The number of piperazine rings is 1. The number of hydrogen-bond donors (Lipinski definition) is 2. The van der Waals surface area contributed by atoms with Gasteiger partial charge in [0.2, 0.25) is 17.6 Å². The second kappa shape index (κ2) is 7.57. The molecule has 2 N–H and O–H groups in total. The number of piperidine rings is 1. The van der Waals surface area contributed by atoms with E-state index in [4.69, 9.17) is 5.10 Å². The van der Waals surface area contributed by atoms with Gasteiger partial charge in [-0.25, -0.2) is 9.50 Å². The monoisotopic (exact) mass is 424 g/mol. The van der Waals surface area contributed by atoms with E-state index in [1.54, 1.807) is 11.4 Å². The summed E-state index contributed by atoms with van der Waals surface area (Å²) in [5.74, 6) is -0.102. The minimum atomic E-state index is -0.819. The molecule has 0 bridgehead atoms. The van der Waals surface area contributed by atoms with Crippen LogP contribution in [-0.4, -0.2) is 61.0 Å². The van der Waals surface area contributed by atoms with Crippen molar-refractivity contribution in [2.24, 2.45) is 5.41 Å². The number of carbonyl (C=O) groups is 2. The van der Waals surface area contributed by atoms with E-state index in [1.165, 1.54) is 6.33 Å². The van der Waals surface area contributed by atoms with Crippen molar-refractivity contribution < 1.29 is 9.59 Å². The van der Waals surface area contributed by atoms with Crippen molar-refractivity contribution in [2.75, 3.05) is 13.1 Å². The van der Waals surface area contributed by atoms with Crippen molar-refractivity contribution in [3.05, 3.63) is 23.4 Å². The first-order chi connectivity index (χ1) is 14.6. The molecule has 164 valence electrons. The minimum Gasteiger partial charge on any atom is -0.343 e. The molecule has 0 saturated carbocycles. The Bertz CT molecular complexity index is 1070. The average Bonchev–Trinajstić information content (AvgIpc) is 3.03. The molecule has 4 heterocycles. The average molecular weight is 425 g/mol. The molecule has 1 spiro atoms. The van der Waals surface area contributed by atoms with E-state index < -0.39 is 11.6 Å². The Morgan fingerprint density at radius 1 is 1.29 bits per heavy atom. The second-order valence-electron chi connectivity index (χ2n) is 9.77. The summed E-state index contributed by atoms with van der Waals surface area (Å²) >= 11 is 0. The van der Waals surface area contributed by atoms with Gasteiger partial charge in [0.25, 0.3) is 0 Å². The first kappa shape index (κ1) is 21.2. The lowest BCUT2D eigenvalue weighted by Gasteiger charge is -2.44. The second-order valence-corrected chi connectivity index (χ2v) is 9.77. The van der Waals surface area contributed by atoms with Crippen LogP contribution in [0.5, 0.6) is 0 Å². The van der Waals surface area contributed by atoms with E-state index >= 15 is 0 Å². The number of rotatable bonds is 3. The highest BCUT2D eigenvalue weighted by Crippen LogP contribution is 2.29. The first-order valence-electron chi connectivity index (χ1n) is 10.6. The van der Waals surface area contributed by atoms with Crippen molar-refractivity contribution in [3.63, 3.8) is 0 Å². The Kier molecular flexibility index (Phi) is 5.17. The predicted molar refractivity (Wildman–Crippen MR) is 112 cm³/mol. The van der Waals surface area contributed by atoms with Crippen LogP contribution >= 0.6 is 0 Å². The number of amides is 2. The normalized spacial score (nSPS) is 21.7. The van der Waals surface area contributed by atoms with Gasteiger partial charge in [0, 0.05) is 25.2 Å². The summed E-state index contributed by atoms with van der Waals surface area (Å²) in [7, 11) is 0. The summed E-state index contributed by atoms with van der Waals surface area (Å²) in [4.78, 5) is 35.4. The molecule has 10 heteroatoms. The molecule has 0 aliphatic carbocycles. The molecule has 0 aromatic carbocycles. The smallest absolute Gasteiger partial charge is 0.246 e. The maximum Gasteiger partial charge on any atom is 0.246 e. The van der Waals surface area contributed by atoms with E-state index in [9.17, 15) is 14.9 Å². The number of likely N-dealkylation sites (tertiary alicyclic amines) is 1. The molecule has 0 radical (unpaired) electrons. The third-order valence-corrected chi connectivity index (χ3v) is 5.99. The third-order valence-electron chi connectivity index (χ3n) is 5.99. The van der Waals surface area contributed by atoms with Gasteiger partial charge in [-0.15, -0.1) is 0 Å². The zero-order valence-corrected chi connectivity index (χ0v) is 18.4. The number of nitriles is 1. The summed E-state index contributed by atoms with van der Waals surface area (Å²) in [6.45, 7) is 10.1. The Morgan fingerprint density at radius 2 is 2.00 bits per heavy atom. The molecule has 2 fully saturated rings. The zero-order chi connectivity index (χ0) is 22.4. The lowest BCUT2D eigenvalue weighted by atomic mass is 9.84. The SMILES string of the molecule is CC1NC(=O)C2(CCN(Cc3nn4cnc(C#N)nc4c3CC(C)(C)C)CC2)NC1=O. The summed E-state index contributed by atoms with van der Waals surface area (Å²) < 4.78 is 1.64. The van der Waals surface area contributed by atoms with Crippen LogP contribution in [0.4, 0.5) is 0 Å². The maximum atomic E-state index is 12.6. The Morgan fingerprint density at radius 3 is 2.65 bits per heavy atom. The standard InChI is InChI=1S/C21H28N8O2/c1-13-18(30)26-21(19(31)24-13)5-7-28(8-6-21)11-15-14(9-20(2,3)4)17-25-16(10-22)23-12-29(17)27-15/h12-13H,5-9,11H2,1-4H3,(H,24,31)(H,26,30). The Hall–Kier alpha value is -3.06. The molecule has 10 nitrogen and oxygen atoms in total. The Balaban J connectivity index is 1.55. The van der Waals surface area contributed by atoms with E-state index in [-0.39, 0.29) is 23.1 Å². The van der Waals surface area contributed by atoms with Crippen LogP contribution in [0.15, 0.2) is 6.33 Å². The molecule has 2 aliphatic rings. The summed E-state index contributed by atoms with van der Waals surface area (Å²) in [6.07, 6.45) is 3.40. The van der Waals surface area contributed by atoms with Gasteiger partial charge in [0.15, 0.2) is 5.65 Å². The molecule has 2 amide bonds. The first-order valence-corrected chi connectivity index (χ1v) is 10.6. The highest BCUT2D eigenvalue weighted by atomic mass is 16.2. The number of fused-ring (bicyclic) bond motifs is 1. The van der Waals surface area contributed by atoms with Crippen LogP contribution in [-0.2, 0) is 22.6 Å². The zero-order valence-electron chi connectivity index (χ0n) is 18.4. The van der Waals surface area contributed by atoms with Crippen LogP contribution in [0.25, 0.3) is 5.65 Å². The van der Waals surface area contributed by atoms with Gasteiger partial charge in [-0.2, -0.15) is 15.3 Å². The van der Waals surface area contributed by atoms with Crippen molar-refractivity contribution in [3.8, 4) is 6.07 Å². The van der Waals surface area contributed by atoms with Crippen LogP contribution in [0.3, 0.4) is 0 Å². The summed E-state index contributed by atoms with van der Waals surface area (Å²) in [5.41, 5.74) is 1.78. The fourth-order valence-electron chi connectivity index (χ4n) is 4.29. The van der Waals surface area contributed by atoms with Crippen LogP contribution in [0.1, 0.15) is 57.6 Å². The lowest BCUT2D eigenvalue weighted by molar-refractivity contribution is -0.143. The lowest BCUT2D eigenvalue weighted by Crippen LogP contribution is -2.71. The van der Waals surface area contributed by atoms with Gasteiger partial charge in [0.1, 0.15) is 24.0 Å². The van der Waals surface area contributed by atoms with Crippen molar-refractivity contribution >= 4 is 17.5 Å². The van der Waals surface area contributed by atoms with Crippen LogP contribution < -0.4 is 10.6 Å². The maximum absolute atomic E-state index is 12.6. The number of aromatic nitrogens is 4. The summed E-state index contributed by atoms with van der Waals surface area (Å²) in [5, 5.41) is 19.6. The number of nitrogens with zero attached hydrogens (tertiary/aromatic N) is 6. The third kappa shape index (κ3) is 4.10. The van der Waals surface area contributed by atoms with Crippen LogP contribution in [0.2, 0.25) is 0 Å². The number of carbonyl (C=O) groups excluding carboxylic acids is 2. The predicted octanol–water partition coefficient (Wildman–Crippen LogP) is 0.554. The number of nitrogens with one attached hydrogen (secondary N) is 2. The minimum absolute atomic E-state index is 0.0170. The van der Waals surface area contributed by atoms with Crippen LogP contribution in [0, 0.1) is 16.7 Å². The van der Waals surface area contributed by atoms with E-state index in [0.717, 1.165) is 17.7 Å². The highest BCUT2D eigenvalue weighted by molar-refractivity contribution is 5.99. The summed E-state index contributed by atoms with van der Waals surface area (Å²) in [6, 6.07) is 1.51. The molecule has 4 rings (SSSR count). The van der Waals surface area contributed by atoms with Gasteiger partial charge in [-0.05, 0) is 31.6 Å². The fourth-order valence-corrected chi connectivity index (χ4v) is 4.29. The molecule has 2 aromatic rings. The van der Waals surface area contributed by atoms with Gasteiger partial charge < -0.3 is 10.6 Å². The van der Waals surface area contributed by atoms with Gasteiger partial charge in [-0.1, -0.05) is 20.8 Å². The fraction of sp³-hybridized carbons (Fsp3) is 0.619. The van der Waals surface area contributed by atoms with Crippen molar-refractivity contribution in [1.82, 2.24) is 35.1 Å². The van der Waals surface area contributed by atoms with Crippen molar-refractivity contribution in [1.29, 1.82) is 5.26 Å². The number of hydrogen-bond acceptors (Lipinski definition) is 7. The molecular formula is C21H28N8O2.